The van der Waals surface area contributed by atoms with Gasteiger partial charge in [-0.25, -0.2) is 0 Å². The first-order chi connectivity index (χ1) is 9.14. The van der Waals surface area contributed by atoms with E-state index in [4.69, 9.17) is 0 Å². The molecule has 4 rings (SSSR count). The van der Waals surface area contributed by atoms with Crippen LogP contribution in [0.15, 0.2) is 23.5 Å². The Morgan fingerprint density at radius 3 is 3.11 bits per heavy atom. The van der Waals surface area contributed by atoms with Gasteiger partial charge < -0.3 is 10.2 Å². The lowest BCUT2D eigenvalue weighted by Crippen LogP contribution is -2.68. The van der Waals surface area contributed by atoms with Gasteiger partial charge in [0.05, 0.1) is 17.4 Å². The lowest BCUT2D eigenvalue weighted by molar-refractivity contribution is -0.121. The van der Waals surface area contributed by atoms with E-state index < -0.39 is 0 Å². The molecule has 1 saturated carbocycles. The van der Waals surface area contributed by atoms with Gasteiger partial charge in [0.15, 0.2) is 0 Å². The van der Waals surface area contributed by atoms with E-state index in [2.05, 4.69) is 24.0 Å². The maximum Gasteiger partial charge on any atom is 0.0977 e. The minimum Gasteiger partial charge on any atom is -0.512 e. The molecule has 1 spiro atoms. The molecule has 0 radical (unpaired) electrons. The minimum atomic E-state index is -0.245. The zero-order chi connectivity index (χ0) is 13.2. The van der Waals surface area contributed by atoms with E-state index in [0.29, 0.717) is 24.0 Å². The van der Waals surface area contributed by atoms with Crippen LogP contribution in [0, 0.1) is 17.8 Å². The molecule has 19 heavy (non-hydrogen) atoms. The maximum absolute atomic E-state index is 10.5. The molecule has 3 nitrogen and oxygen atoms in total. The molecule has 0 amide bonds. The van der Waals surface area contributed by atoms with E-state index >= 15 is 0 Å². The summed E-state index contributed by atoms with van der Waals surface area (Å²) in [7, 11) is 0. The van der Waals surface area contributed by atoms with E-state index in [9.17, 15) is 10.2 Å². The summed E-state index contributed by atoms with van der Waals surface area (Å²) in [6.07, 6.45) is 8.21. The van der Waals surface area contributed by atoms with Crippen LogP contribution in [0.25, 0.3) is 0 Å². The first-order valence-electron chi connectivity index (χ1n) is 7.67. The Labute approximate surface area is 114 Å². The van der Waals surface area contributed by atoms with Gasteiger partial charge in [0.1, 0.15) is 0 Å². The Kier molecular flexibility index (Phi) is 2.43. The van der Waals surface area contributed by atoms with Crippen LogP contribution in [0.1, 0.15) is 32.6 Å². The lowest BCUT2D eigenvalue weighted by Gasteiger charge is -2.63. The molecule has 0 aromatic heterocycles. The van der Waals surface area contributed by atoms with E-state index in [-0.39, 0.29) is 17.6 Å². The highest BCUT2D eigenvalue weighted by Crippen LogP contribution is 2.58. The summed E-state index contributed by atoms with van der Waals surface area (Å²) in [4.78, 5) is 2.57. The van der Waals surface area contributed by atoms with Crippen molar-refractivity contribution in [1.29, 1.82) is 0 Å². The van der Waals surface area contributed by atoms with Crippen LogP contribution in [-0.4, -0.2) is 39.8 Å². The topological polar surface area (TPSA) is 43.7 Å². The van der Waals surface area contributed by atoms with Crippen LogP contribution in [-0.2, 0) is 0 Å². The van der Waals surface area contributed by atoms with Crippen LogP contribution in [0.2, 0.25) is 0 Å². The zero-order valence-corrected chi connectivity index (χ0v) is 11.5. The molecule has 0 aromatic carbocycles. The number of piperidine rings is 1. The summed E-state index contributed by atoms with van der Waals surface area (Å²) < 4.78 is 0. The molecule has 0 unspecified atom stereocenters. The third-order valence-corrected chi connectivity index (χ3v) is 6.11. The largest absolute Gasteiger partial charge is 0.512 e. The van der Waals surface area contributed by atoms with Crippen molar-refractivity contribution in [2.24, 2.45) is 17.8 Å². The molecule has 2 heterocycles. The van der Waals surface area contributed by atoms with Gasteiger partial charge in [-0.1, -0.05) is 19.1 Å². The first-order valence-corrected chi connectivity index (χ1v) is 7.67. The Morgan fingerprint density at radius 1 is 1.42 bits per heavy atom. The second-order valence-electron chi connectivity index (χ2n) is 6.92. The Morgan fingerprint density at radius 2 is 2.26 bits per heavy atom. The van der Waals surface area contributed by atoms with Crippen LogP contribution >= 0.6 is 0 Å². The van der Waals surface area contributed by atoms with E-state index in [1.165, 1.54) is 18.4 Å². The molecule has 1 saturated heterocycles. The van der Waals surface area contributed by atoms with Gasteiger partial charge in [0.2, 0.25) is 0 Å². The SMILES string of the molecule is C[C@H]1C[C@]23C4=C(O)C[C@H]([C@@H]1O)[C@H]2CCCN3CC=C4. The van der Waals surface area contributed by atoms with Gasteiger partial charge in [0, 0.05) is 18.5 Å². The van der Waals surface area contributed by atoms with Gasteiger partial charge >= 0.3 is 0 Å². The summed E-state index contributed by atoms with van der Waals surface area (Å²) in [5.74, 6) is 1.65. The van der Waals surface area contributed by atoms with Gasteiger partial charge in [-0.05, 0) is 43.6 Å². The molecule has 5 atom stereocenters. The smallest absolute Gasteiger partial charge is 0.0977 e. The minimum absolute atomic E-state index is 0.0264. The average molecular weight is 261 g/mol. The van der Waals surface area contributed by atoms with Gasteiger partial charge in [-0.3, -0.25) is 4.90 Å². The highest BCUT2D eigenvalue weighted by molar-refractivity contribution is 5.43. The van der Waals surface area contributed by atoms with Crippen LogP contribution in [0.3, 0.4) is 0 Å². The zero-order valence-electron chi connectivity index (χ0n) is 11.5. The summed E-state index contributed by atoms with van der Waals surface area (Å²) in [6, 6.07) is 0. The third kappa shape index (κ3) is 1.35. The van der Waals surface area contributed by atoms with Gasteiger partial charge in [-0.15, -0.1) is 0 Å². The Balaban J connectivity index is 1.92. The second-order valence-corrected chi connectivity index (χ2v) is 6.92. The van der Waals surface area contributed by atoms with Crippen LogP contribution in [0.4, 0.5) is 0 Å². The van der Waals surface area contributed by atoms with Crippen molar-refractivity contribution in [3.8, 4) is 0 Å². The highest BCUT2D eigenvalue weighted by atomic mass is 16.3. The standard InChI is InChI=1S/C16H23NO2/c1-10-9-16-12-4-2-6-17(16)7-3-5-13(16)14(18)8-11(12)15(10)19/h3,5,10-12,15,18-19H,2,4,6-9H2,1H3/t10-,11-,12+,15+,16+/m0/s1. The summed E-state index contributed by atoms with van der Waals surface area (Å²) in [6.45, 7) is 4.31. The molecule has 3 heteroatoms. The number of rotatable bonds is 0. The van der Waals surface area contributed by atoms with Gasteiger partial charge in [0.25, 0.3) is 0 Å². The number of nitrogens with zero attached hydrogens (tertiary/aromatic N) is 1. The fourth-order valence-corrected chi connectivity index (χ4v) is 5.41. The fourth-order valence-electron chi connectivity index (χ4n) is 5.41. The maximum atomic E-state index is 10.5. The van der Waals surface area contributed by atoms with Crippen molar-refractivity contribution in [1.82, 2.24) is 4.90 Å². The van der Waals surface area contributed by atoms with Gasteiger partial charge in [-0.2, -0.15) is 0 Å². The Bertz CT molecular complexity index is 469. The molecule has 2 fully saturated rings. The molecule has 2 bridgehead atoms. The van der Waals surface area contributed by atoms with Crippen molar-refractivity contribution in [3.63, 3.8) is 0 Å². The molecule has 4 aliphatic rings. The third-order valence-electron chi connectivity index (χ3n) is 6.11. The van der Waals surface area contributed by atoms with E-state index in [0.717, 1.165) is 19.5 Å². The predicted molar refractivity (Wildman–Crippen MR) is 73.7 cm³/mol. The van der Waals surface area contributed by atoms with Crippen LogP contribution in [0.5, 0.6) is 0 Å². The molecule has 2 N–H and O–H groups in total. The molecule has 104 valence electrons. The number of aliphatic hydroxyl groups is 2. The van der Waals surface area contributed by atoms with Crippen molar-refractivity contribution in [2.75, 3.05) is 13.1 Å². The van der Waals surface area contributed by atoms with Crippen LogP contribution < -0.4 is 0 Å². The quantitative estimate of drug-likeness (QED) is 0.703. The molecule has 2 aliphatic carbocycles. The average Bonchev–Trinajstić information content (AvgIpc) is 2.40. The van der Waals surface area contributed by atoms with E-state index in [1.54, 1.807) is 0 Å². The first kappa shape index (κ1) is 12.0. The predicted octanol–water partition coefficient (Wildman–Crippen LogP) is 2.24. The Hall–Kier alpha value is -0.800. The summed E-state index contributed by atoms with van der Waals surface area (Å²) >= 11 is 0. The number of allylic oxidation sites excluding steroid dienone is 1. The second kappa shape index (κ2) is 3.86. The molecular weight excluding hydrogens is 238 g/mol. The highest BCUT2D eigenvalue weighted by Gasteiger charge is 2.60. The lowest BCUT2D eigenvalue weighted by atomic mass is 9.52. The number of aliphatic hydroxyl groups excluding tert-OH is 2. The van der Waals surface area contributed by atoms with Crippen molar-refractivity contribution in [3.05, 3.63) is 23.5 Å². The molecule has 0 aromatic rings. The normalized spacial score (nSPS) is 49.2. The summed E-state index contributed by atoms with van der Waals surface area (Å²) in [5, 5.41) is 21.0. The van der Waals surface area contributed by atoms with Crippen molar-refractivity contribution < 1.29 is 10.2 Å². The fraction of sp³-hybridized carbons (Fsp3) is 0.750. The molecular formula is C16H23NO2. The number of hydrogen-bond acceptors (Lipinski definition) is 3. The van der Waals surface area contributed by atoms with Crippen molar-refractivity contribution in [2.45, 2.75) is 44.2 Å². The number of hydrogen-bond donors (Lipinski definition) is 2. The monoisotopic (exact) mass is 261 g/mol. The molecule has 2 aliphatic heterocycles. The van der Waals surface area contributed by atoms with Crippen molar-refractivity contribution >= 4 is 0 Å². The summed E-state index contributed by atoms with van der Waals surface area (Å²) in [5.41, 5.74) is 1.19. The van der Waals surface area contributed by atoms with E-state index in [1.807, 2.05) is 0 Å².